The molecule has 0 N–H and O–H groups in total. The van der Waals surface area contributed by atoms with E-state index >= 15 is 0 Å². The van der Waals surface area contributed by atoms with Crippen LogP contribution in [-0.4, -0.2) is 26.5 Å². The van der Waals surface area contributed by atoms with Crippen molar-refractivity contribution in [3.63, 3.8) is 0 Å². The number of hydrogen-bond donors (Lipinski definition) is 0. The van der Waals surface area contributed by atoms with E-state index in [0.29, 0.717) is 0 Å². The molecule has 0 aromatic carbocycles. The second kappa shape index (κ2) is 7.22. The SMILES string of the molecule is C=CC(C)C(O[Si](C)(C)C(C)(C)C)C(C)C(=O)C(C)(C)C=O. The van der Waals surface area contributed by atoms with E-state index in [2.05, 4.69) is 40.4 Å². The largest absolute Gasteiger partial charge is 0.413 e. The first-order valence-corrected chi connectivity index (χ1v) is 10.9. The van der Waals surface area contributed by atoms with Crippen molar-refractivity contribution in [3.05, 3.63) is 12.7 Å². The zero-order valence-electron chi connectivity index (χ0n) is 15.8. The molecule has 3 unspecified atom stereocenters. The Kier molecular flexibility index (Phi) is 6.98. The number of rotatable bonds is 8. The van der Waals surface area contributed by atoms with Gasteiger partial charge < -0.3 is 9.22 Å². The molecule has 128 valence electrons. The van der Waals surface area contributed by atoms with Gasteiger partial charge in [0.25, 0.3) is 0 Å². The summed E-state index contributed by atoms with van der Waals surface area (Å²) in [6, 6.07) is 0. The summed E-state index contributed by atoms with van der Waals surface area (Å²) < 4.78 is 6.51. The van der Waals surface area contributed by atoms with Gasteiger partial charge in [-0.1, -0.05) is 40.7 Å². The molecule has 0 saturated carbocycles. The van der Waals surface area contributed by atoms with Crippen LogP contribution in [-0.2, 0) is 14.0 Å². The van der Waals surface area contributed by atoms with E-state index in [-0.39, 0.29) is 28.8 Å². The summed E-state index contributed by atoms with van der Waals surface area (Å²) >= 11 is 0. The van der Waals surface area contributed by atoms with E-state index in [9.17, 15) is 9.59 Å². The molecule has 22 heavy (non-hydrogen) atoms. The minimum absolute atomic E-state index is 0.0514. The van der Waals surface area contributed by atoms with Crippen LogP contribution >= 0.6 is 0 Å². The van der Waals surface area contributed by atoms with E-state index < -0.39 is 13.7 Å². The van der Waals surface area contributed by atoms with Crippen molar-refractivity contribution in [2.75, 3.05) is 0 Å². The Morgan fingerprint density at radius 3 is 1.91 bits per heavy atom. The summed E-state index contributed by atoms with van der Waals surface area (Å²) in [7, 11) is -2.01. The van der Waals surface area contributed by atoms with Crippen LogP contribution < -0.4 is 0 Å². The third-order valence-electron chi connectivity index (χ3n) is 4.96. The van der Waals surface area contributed by atoms with Crippen molar-refractivity contribution < 1.29 is 14.0 Å². The molecule has 0 aliphatic heterocycles. The van der Waals surface area contributed by atoms with Crippen LogP contribution in [0, 0.1) is 17.3 Å². The third-order valence-corrected chi connectivity index (χ3v) is 9.44. The Labute approximate surface area is 137 Å². The average molecular weight is 327 g/mol. The fraction of sp³-hybridized carbons (Fsp3) is 0.778. The van der Waals surface area contributed by atoms with Crippen molar-refractivity contribution in [2.45, 2.75) is 72.7 Å². The van der Waals surface area contributed by atoms with Gasteiger partial charge >= 0.3 is 0 Å². The van der Waals surface area contributed by atoms with Gasteiger partial charge in [0.05, 0.1) is 11.5 Å². The molecule has 4 heteroatoms. The molecule has 0 aromatic rings. The van der Waals surface area contributed by atoms with Gasteiger partial charge in [0, 0.05) is 5.92 Å². The molecule has 0 saturated heterocycles. The van der Waals surface area contributed by atoms with E-state index in [1.165, 1.54) is 0 Å². The lowest BCUT2D eigenvalue weighted by Crippen LogP contribution is -2.49. The lowest BCUT2D eigenvalue weighted by molar-refractivity contribution is -0.138. The topological polar surface area (TPSA) is 43.4 Å². The Morgan fingerprint density at radius 1 is 1.14 bits per heavy atom. The van der Waals surface area contributed by atoms with E-state index in [1.807, 2.05) is 19.9 Å². The normalized spacial score (nSPS) is 17.5. The number of aldehydes is 1. The lowest BCUT2D eigenvalue weighted by Gasteiger charge is -2.42. The minimum atomic E-state index is -2.01. The van der Waals surface area contributed by atoms with Crippen molar-refractivity contribution in [1.29, 1.82) is 0 Å². The molecule has 0 rings (SSSR count). The van der Waals surface area contributed by atoms with Crippen molar-refractivity contribution >= 4 is 20.4 Å². The zero-order chi connectivity index (χ0) is 17.9. The van der Waals surface area contributed by atoms with Crippen LogP contribution in [0.25, 0.3) is 0 Å². The monoisotopic (exact) mass is 326 g/mol. The van der Waals surface area contributed by atoms with Crippen molar-refractivity contribution in [1.82, 2.24) is 0 Å². The zero-order valence-corrected chi connectivity index (χ0v) is 16.8. The maximum atomic E-state index is 12.7. The summed E-state index contributed by atoms with van der Waals surface area (Å²) in [5.41, 5.74) is -0.977. The van der Waals surface area contributed by atoms with Crippen LogP contribution in [0.5, 0.6) is 0 Å². The molecule has 0 amide bonds. The van der Waals surface area contributed by atoms with Crippen LogP contribution in [0.3, 0.4) is 0 Å². The Hall–Kier alpha value is -0.743. The van der Waals surface area contributed by atoms with Crippen molar-refractivity contribution in [3.8, 4) is 0 Å². The summed E-state index contributed by atoms with van der Waals surface area (Å²) in [5.74, 6) is -0.363. The maximum Gasteiger partial charge on any atom is 0.192 e. The molecule has 3 atom stereocenters. The highest BCUT2D eigenvalue weighted by Crippen LogP contribution is 2.40. The summed E-state index contributed by atoms with van der Waals surface area (Å²) in [4.78, 5) is 23.9. The van der Waals surface area contributed by atoms with Crippen LogP contribution in [0.2, 0.25) is 18.1 Å². The average Bonchev–Trinajstić information content (AvgIpc) is 2.40. The first kappa shape index (κ1) is 21.3. The minimum Gasteiger partial charge on any atom is -0.413 e. The van der Waals surface area contributed by atoms with E-state index in [0.717, 1.165) is 6.29 Å². The van der Waals surface area contributed by atoms with Gasteiger partial charge in [0.2, 0.25) is 0 Å². The first-order valence-electron chi connectivity index (χ1n) is 8.02. The Morgan fingerprint density at radius 2 is 1.59 bits per heavy atom. The van der Waals surface area contributed by atoms with Gasteiger partial charge in [-0.05, 0) is 37.9 Å². The van der Waals surface area contributed by atoms with Gasteiger partial charge in [0.15, 0.2) is 14.1 Å². The maximum absolute atomic E-state index is 12.7. The molecule has 0 aliphatic carbocycles. The smallest absolute Gasteiger partial charge is 0.192 e. The number of Topliss-reactive ketones (excluding diaryl/α,β-unsaturated/α-hetero) is 1. The molecule has 0 radical (unpaired) electrons. The predicted molar refractivity (Wildman–Crippen MR) is 95.4 cm³/mol. The Bertz CT molecular complexity index is 419. The first-order chi connectivity index (χ1) is 9.71. The Balaban J connectivity index is 5.54. The number of carbonyl (C=O) groups is 2. The molecule has 0 aromatic heterocycles. The highest BCUT2D eigenvalue weighted by molar-refractivity contribution is 6.74. The molecule has 0 fully saturated rings. The molecule has 0 heterocycles. The fourth-order valence-corrected chi connectivity index (χ4v) is 3.56. The number of hydrogen-bond acceptors (Lipinski definition) is 3. The van der Waals surface area contributed by atoms with E-state index in [1.54, 1.807) is 13.8 Å². The summed E-state index contributed by atoms with van der Waals surface area (Å²) in [6.07, 6.45) is 2.31. The highest BCUT2D eigenvalue weighted by atomic mass is 28.4. The van der Waals surface area contributed by atoms with Gasteiger partial charge in [-0.2, -0.15) is 0 Å². The molecule has 0 spiro atoms. The van der Waals surface area contributed by atoms with Gasteiger partial charge in [-0.3, -0.25) is 4.79 Å². The second-order valence-corrected chi connectivity index (χ2v) is 13.2. The fourth-order valence-electron chi connectivity index (χ4n) is 2.11. The van der Waals surface area contributed by atoms with Gasteiger partial charge in [-0.25, -0.2) is 0 Å². The summed E-state index contributed by atoms with van der Waals surface area (Å²) in [5, 5.41) is 0.0646. The quantitative estimate of drug-likeness (QED) is 0.283. The van der Waals surface area contributed by atoms with Crippen LogP contribution in [0.4, 0.5) is 0 Å². The third kappa shape index (κ3) is 4.88. The van der Waals surface area contributed by atoms with Gasteiger partial charge in [-0.15, -0.1) is 6.58 Å². The van der Waals surface area contributed by atoms with Crippen LogP contribution in [0.15, 0.2) is 12.7 Å². The standard InChI is InChI=1S/C18H34O3Si/c1-11-13(2)15(21-22(9,10)17(4,5)6)14(3)16(20)18(7,8)12-19/h11-15H,1H2,2-10H3. The van der Waals surface area contributed by atoms with Crippen LogP contribution in [0.1, 0.15) is 48.5 Å². The second-order valence-electron chi connectivity index (χ2n) is 8.43. The molecule has 3 nitrogen and oxygen atoms in total. The van der Waals surface area contributed by atoms with Crippen molar-refractivity contribution in [2.24, 2.45) is 17.3 Å². The van der Waals surface area contributed by atoms with Gasteiger partial charge in [0.1, 0.15) is 6.29 Å². The molecule has 0 bridgehead atoms. The highest BCUT2D eigenvalue weighted by Gasteiger charge is 2.44. The number of carbonyl (C=O) groups excluding carboxylic acids is 2. The lowest BCUT2D eigenvalue weighted by atomic mass is 9.78. The molecular formula is C18H34O3Si. The molecule has 0 aliphatic rings. The predicted octanol–water partition coefficient (Wildman–Crippen LogP) is 4.63. The number of ketones is 1. The molecular weight excluding hydrogens is 292 g/mol. The van der Waals surface area contributed by atoms with E-state index in [4.69, 9.17) is 4.43 Å². The summed E-state index contributed by atoms with van der Waals surface area (Å²) in [6.45, 7) is 22.0.